The Hall–Kier alpha value is -2.89. The van der Waals surface area contributed by atoms with Crippen LogP contribution in [0.5, 0.6) is 0 Å². The zero-order chi connectivity index (χ0) is 20.5. The van der Waals surface area contributed by atoms with Gasteiger partial charge in [0, 0.05) is 12.6 Å². The fourth-order valence-electron chi connectivity index (χ4n) is 2.83. The van der Waals surface area contributed by atoms with Crippen molar-refractivity contribution >= 4 is 67.7 Å². The molecule has 29 heavy (non-hydrogen) atoms. The van der Waals surface area contributed by atoms with Crippen molar-refractivity contribution in [1.29, 1.82) is 0 Å². The lowest BCUT2D eigenvalue weighted by Crippen LogP contribution is -2.24. The number of hydrogen-bond donors (Lipinski definition) is 3. The minimum absolute atomic E-state index is 0.144. The molecule has 1 unspecified atom stereocenters. The minimum Gasteiger partial charge on any atom is -0.326 e. The molecule has 0 aliphatic heterocycles. The molecule has 3 N–H and O–H groups in total. The van der Waals surface area contributed by atoms with Gasteiger partial charge in [0.25, 0.3) is 0 Å². The van der Waals surface area contributed by atoms with Crippen LogP contribution in [0.25, 0.3) is 20.9 Å². The smallest absolute Gasteiger partial charge is 0.249 e. The van der Waals surface area contributed by atoms with Crippen LogP contribution in [-0.4, -0.2) is 31.6 Å². The molecule has 0 saturated carbocycles. The summed E-state index contributed by atoms with van der Waals surface area (Å²) in [5, 5.41) is 15.0. The van der Waals surface area contributed by atoms with Crippen LogP contribution in [0.2, 0.25) is 0 Å². The van der Waals surface area contributed by atoms with Crippen molar-refractivity contribution in [3.05, 3.63) is 40.5 Å². The SMILES string of the molecule is CC(=O)Nc1ccc2nc(NC(=O)C(C)n3c(-c4cccs4)n[nH]c3=S)sc2c1. The van der Waals surface area contributed by atoms with Crippen molar-refractivity contribution in [2.45, 2.75) is 19.9 Å². The average Bonchev–Trinajstić information content (AvgIpc) is 3.39. The number of nitrogens with zero attached hydrogens (tertiary/aromatic N) is 3. The maximum Gasteiger partial charge on any atom is 0.249 e. The van der Waals surface area contributed by atoms with Crippen molar-refractivity contribution in [2.75, 3.05) is 10.6 Å². The van der Waals surface area contributed by atoms with Gasteiger partial charge in [0.2, 0.25) is 11.8 Å². The van der Waals surface area contributed by atoms with Crippen LogP contribution < -0.4 is 10.6 Å². The molecule has 11 heteroatoms. The number of carbonyl (C=O) groups is 2. The van der Waals surface area contributed by atoms with Crippen LogP contribution in [0.1, 0.15) is 19.9 Å². The van der Waals surface area contributed by atoms with E-state index in [1.807, 2.05) is 23.6 Å². The fourth-order valence-corrected chi connectivity index (χ4v) is 4.74. The third-order valence-electron chi connectivity index (χ3n) is 4.15. The molecule has 8 nitrogen and oxygen atoms in total. The summed E-state index contributed by atoms with van der Waals surface area (Å²) in [4.78, 5) is 29.5. The molecule has 1 aromatic carbocycles. The van der Waals surface area contributed by atoms with E-state index in [0.29, 0.717) is 21.4 Å². The molecule has 0 saturated heterocycles. The van der Waals surface area contributed by atoms with E-state index < -0.39 is 6.04 Å². The second-order valence-corrected chi connectivity index (χ2v) is 8.61. The van der Waals surface area contributed by atoms with Crippen LogP contribution in [0.15, 0.2) is 35.7 Å². The number of fused-ring (bicyclic) bond motifs is 1. The Morgan fingerprint density at radius 3 is 2.83 bits per heavy atom. The van der Waals surface area contributed by atoms with E-state index in [2.05, 4.69) is 25.8 Å². The van der Waals surface area contributed by atoms with Crippen LogP contribution in [0.3, 0.4) is 0 Å². The molecule has 0 aliphatic rings. The minimum atomic E-state index is -0.583. The topological polar surface area (TPSA) is 105 Å². The number of carbonyl (C=O) groups excluding carboxylic acids is 2. The maximum atomic E-state index is 12.9. The lowest BCUT2D eigenvalue weighted by Gasteiger charge is -2.14. The van der Waals surface area contributed by atoms with Gasteiger partial charge in [0.15, 0.2) is 15.7 Å². The number of thiophene rings is 1. The Labute approximate surface area is 178 Å². The summed E-state index contributed by atoms with van der Waals surface area (Å²) in [6, 6.07) is 8.67. The van der Waals surface area contributed by atoms with Crippen molar-refractivity contribution in [3.63, 3.8) is 0 Å². The normalized spacial score (nSPS) is 12.1. The number of thiazole rings is 1. The summed E-state index contributed by atoms with van der Waals surface area (Å²) in [6.45, 7) is 3.22. The molecule has 0 aliphatic carbocycles. The number of rotatable bonds is 5. The first kappa shape index (κ1) is 19.4. The highest BCUT2D eigenvalue weighted by molar-refractivity contribution is 7.71. The Bertz CT molecular complexity index is 1250. The number of nitrogens with one attached hydrogen (secondary N) is 3. The monoisotopic (exact) mass is 444 g/mol. The van der Waals surface area contributed by atoms with Crippen LogP contribution in [0.4, 0.5) is 10.8 Å². The van der Waals surface area contributed by atoms with Crippen molar-refractivity contribution in [2.24, 2.45) is 0 Å². The highest BCUT2D eigenvalue weighted by Gasteiger charge is 2.22. The van der Waals surface area contributed by atoms with Gasteiger partial charge >= 0.3 is 0 Å². The van der Waals surface area contributed by atoms with Gasteiger partial charge in [-0.3, -0.25) is 19.3 Å². The van der Waals surface area contributed by atoms with E-state index >= 15 is 0 Å². The summed E-state index contributed by atoms with van der Waals surface area (Å²) in [5.41, 5.74) is 1.43. The molecular formula is C18H16N6O2S3. The number of aromatic amines is 1. The average molecular weight is 445 g/mol. The number of H-pyrrole nitrogens is 1. The number of aromatic nitrogens is 4. The second-order valence-electron chi connectivity index (χ2n) is 6.25. The Morgan fingerprint density at radius 1 is 1.28 bits per heavy atom. The van der Waals surface area contributed by atoms with Gasteiger partial charge in [-0.15, -0.1) is 11.3 Å². The van der Waals surface area contributed by atoms with Crippen LogP contribution in [0, 0.1) is 4.77 Å². The molecule has 4 rings (SSSR count). The summed E-state index contributed by atoms with van der Waals surface area (Å²) in [6.07, 6.45) is 0. The Kier molecular flexibility index (Phi) is 5.26. The van der Waals surface area contributed by atoms with Gasteiger partial charge in [-0.05, 0) is 48.8 Å². The van der Waals surface area contributed by atoms with E-state index in [9.17, 15) is 9.59 Å². The van der Waals surface area contributed by atoms with Crippen molar-refractivity contribution in [3.8, 4) is 10.7 Å². The number of anilines is 2. The highest BCUT2D eigenvalue weighted by Crippen LogP contribution is 2.30. The Morgan fingerprint density at radius 2 is 2.10 bits per heavy atom. The summed E-state index contributed by atoms with van der Waals surface area (Å²) in [5.74, 6) is 0.230. The van der Waals surface area contributed by atoms with E-state index in [4.69, 9.17) is 12.2 Å². The van der Waals surface area contributed by atoms with E-state index in [1.165, 1.54) is 29.6 Å². The molecule has 148 valence electrons. The third-order valence-corrected chi connectivity index (χ3v) is 6.24. The molecule has 0 bridgehead atoms. The predicted octanol–water partition coefficient (Wildman–Crippen LogP) is 4.44. The molecule has 0 spiro atoms. The van der Waals surface area contributed by atoms with Gasteiger partial charge in [-0.25, -0.2) is 4.98 Å². The standard InChI is InChI=1S/C18H16N6O2S3/c1-9(24-15(22-23-18(24)27)13-4-3-7-28-13)16(26)21-17-20-12-6-5-11(19-10(2)25)8-14(12)29-17/h3-9H,1-2H3,(H,19,25)(H,23,27)(H,20,21,26). The first-order chi connectivity index (χ1) is 13.9. The van der Waals surface area contributed by atoms with E-state index in [0.717, 1.165) is 15.1 Å². The van der Waals surface area contributed by atoms with Gasteiger partial charge in [0.05, 0.1) is 15.1 Å². The van der Waals surface area contributed by atoms with E-state index in [-0.39, 0.29) is 11.8 Å². The largest absolute Gasteiger partial charge is 0.326 e. The van der Waals surface area contributed by atoms with Gasteiger partial charge in [-0.2, -0.15) is 5.10 Å². The molecule has 3 aromatic heterocycles. The first-order valence-electron chi connectivity index (χ1n) is 8.62. The number of hydrogen-bond acceptors (Lipinski definition) is 7. The third kappa shape index (κ3) is 3.97. The van der Waals surface area contributed by atoms with Crippen molar-refractivity contribution in [1.82, 2.24) is 19.7 Å². The van der Waals surface area contributed by atoms with Crippen molar-refractivity contribution < 1.29 is 9.59 Å². The van der Waals surface area contributed by atoms with E-state index in [1.54, 1.807) is 23.6 Å². The zero-order valence-electron chi connectivity index (χ0n) is 15.4. The molecule has 3 heterocycles. The quantitative estimate of drug-likeness (QED) is 0.395. The van der Waals surface area contributed by atoms with Gasteiger partial charge in [0.1, 0.15) is 6.04 Å². The zero-order valence-corrected chi connectivity index (χ0v) is 17.9. The lowest BCUT2D eigenvalue weighted by molar-refractivity contribution is -0.118. The maximum absolute atomic E-state index is 12.9. The van der Waals surface area contributed by atoms with Gasteiger partial charge in [-0.1, -0.05) is 17.4 Å². The number of benzene rings is 1. The van der Waals surface area contributed by atoms with Gasteiger partial charge < -0.3 is 10.6 Å². The molecule has 0 radical (unpaired) electrons. The fraction of sp³-hybridized carbons (Fsp3) is 0.167. The van der Waals surface area contributed by atoms with Crippen LogP contribution in [-0.2, 0) is 9.59 Å². The van der Waals surface area contributed by atoms with Crippen LogP contribution >= 0.6 is 34.9 Å². The number of amides is 2. The lowest BCUT2D eigenvalue weighted by atomic mass is 10.3. The highest BCUT2D eigenvalue weighted by atomic mass is 32.1. The molecule has 0 fully saturated rings. The predicted molar refractivity (Wildman–Crippen MR) is 118 cm³/mol. The molecule has 1 atom stereocenters. The molecule has 2 amide bonds. The molecular weight excluding hydrogens is 428 g/mol. The molecule has 4 aromatic rings. The second kappa shape index (κ2) is 7.85. The Balaban J connectivity index is 1.57. The summed E-state index contributed by atoms with van der Waals surface area (Å²) in [7, 11) is 0. The first-order valence-corrected chi connectivity index (χ1v) is 10.7. The summed E-state index contributed by atoms with van der Waals surface area (Å²) < 4.78 is 2.93. The summed E-state index contributed by atoms with van der Waals surface area (Å²) >= 11 is 8.19.